The zero-order valence-electron chi connectivity index (χ0n) is 20.2. The normalized spacial score (nSPS) is 11.7. The lowest BCUT2D eigenvalue weighted by atomic mass is 10.1. The third-order valence-electron chi connectivity index (χ3n) is 5.55. The van der Waals surface area contributed by atoms with Gasteiger partial charge in [0.15, 0.2) is 0 Å². The van der Waals surface area contributed by atoms with Crippen molar-refractivity contribution in [2.24, 2.45) is 5.73 Å². The molecule has 0 fully saturated rings. The first kappa shape index (κ1) is 28.1. The standard InChI is InChI=1S/C26H38N4O5/c27-26(34)30-22-10-7-9-20(16-22)8-3-6-15-35-14-5-2-1-4-13-28-18-25(33)21-11-12-24(32)23(17-21)29-19-31/h7,9-12,16-17,19,25,28,32-33H,1-6,8,13-15,18H2,(H,29,31)(H3,27,30,34)/t25-/m1/s1. The summed E-state index contributed by atoms with van der Waals surface area (Å²) in [7, 11) is 0. The third-order valence-corrected chi connectivity index (χ3v) is 5.55. The van der Waals surface area contributed by atoms with Gasteiger partial charge in [0.2, 0.25) is 6.41 Å². The Morgan fingerprint density at radius 2 is 1.80 bits per heavy atom. The fraction of sp³-hybridized carbons (Fsp3) is 0.462. The van der Waals surface area contributed by atoms with Crippen LogP contribution < -0.4 is 21.7 Å². The van der Waals surface area contributed by atoms with Crippen LogP contribution in [0.1, 0.15) is 55.8 Å². The molecule has 35 heavy (non-hydrogen) atoms. The van der Waals surface area contributed by atoms with Crippen molar-refractivity contribution in [3.05, 3.63) is 53.6 Å². The van der Waals surface area contributed by atoms with E-state index in [1.54, 1.807) is 12.1 Å². The molecule has 2 rings (SSSR count). The van der Waals surface area contributed by atoms with E-state index in [0.29, 0.717) is 18.5 Å². The smallest absolute Gasteiger partial charge is 0.316 e. The minimum atomic E-state index is -0.716. The highest BCUT2D eigenvalue weighted by atomic mass is 16.5. The predicted molar refractivity (Wildman–Crippen MR) is 137 cm³/mol. The van der Waals surface area contributed by atoms with Crippen molar-refractivity contribution in [3.63, 3.8) is 0 Å². The molecule has 0 saturated carbocycles. The summed E-state index contributed by atoms with van der Waals surface area (Å²) in [4.78, 5) is 21.5. The molecule has 2 aromatic rings. The molecule has 0 aliphatic rings. The molecule has 9 nitrogen and oxygen atoms in total. The van der Waals surface area contributed by atoms with Gasteiger partial charge in [-0.2, -0.15) is 0 Å². The average Bonchev–Trinajstić information content (AvgIpc) is 2.83. The molecular formula is C26H38N4O5. The van der Waals surface area contributed by atoms with Crippen LogP contribution in [0.15, 0.2) is 42.5 Å². The Balaban J connectivity index is 1.43. The van der Waals surface area contributed by atoms with Gasteiger partial charge in [-0.3, -0.25) is 4.79 Å². The van der Waals surface area contributed by atoms with Crippen molar-refractivity contribution >= 4 is 23.8 Å². The van der Waals surface area contributed by atoms with Gasteiger partial charge in [-0.05, 0) is 74.0 Å². The van der Waals surface area contributed by atoms with E-state index >= 15 is 0 Å². The van der Waals surface area contributed by atoms with Gasteiger partial charge < -0.3 is 36.6 Å². The zero-order chi connectivity index (χ0) is 25.3. The molecule has 0 aliphatic heterocycles. The van der Waals surface area contributed by atoms with Crippen LogP contribution in [0.4, 0.5) is 16.2 Å². The maximum absolute atomic E-state index is 10.9. The van der Waals surface area contributed by atoms with Crippen molar-refractivity contribution in [2.75, 3.05) is 36.9 Å². The van der Waals surface area contributed by atoms with Crippen LogP contribution in [-0.4, -0.2) is 49.0 Å². The van der Waals surface area contributed by atoms with Crippen molar-refractivity contribution in [2.45, 2.75) is 51.0 Å². The Bertz CT molecular complexity index is 909. The van der Waals surface area contributed by atoms with Gasteiger partial charge in [0.05, 0.1) is 11.8 Å². The zero-order valence-corrected chi connectivity index (χ0v) is 20.2. The quantitative estimate of drug-likeness (QED) is 0.108. The predicted octanol–water partition coefficient (Wildman–Crippen LogP) is 3.67. The molecule has 0 heterocycles. The summed E-state index contributed by atoms with van der Waals surface area (Å²) in [6.45, 7) is 2.73. The van der Waals surface area contributed by atoms with E-state index in [-0.39, 0.29) is 11.4 Å². The van der Waals surface area contributed by atoms with Crippen LogP contribution in [0.25, 0.3) is 0 Å². The fourth-order valence-electron chi connectivity index (χ4n) is 3.69. The van der Waals surface area contributed by atoms with Crippen LogP contribution in [0.2, 0.25) is 0 Å². The number of carbonyl (C=O) groups excluding carboxylic acids is 2. The van der Waals surface area contributed by atoms with E-state index in [9.17, 15) is 19.8 Å². The molecule has 0 unspecified atom stereocenters. The van der Waals surface area contributed by atoms with Gasteiger partial charge in [-0.1, -0.05) is 31.0 Å². The Kier molecular flexibility index (Phi) is 13.2. The van der Waals surface area contributed by atoms with Gasteiger partial charge in [-0.15, -0.1) is 0 Å². The largest absolute Gasteiger partial charge is 0.506 e. The molecule has 2 aromatic carbocycles. The number of nitrogens with one attached hydrogen (secondary N) is 3. The Morgan fingerprint density at radius 3 is 2.57 bits per heavy atom. The molecule has 192 valence electrons. The Hall–Kier alpha value is -3.14. The van der Waals surface area contributed by atoms with Crippen molar-refractivity contribution in [3.8, 4) is 5.75 Å². The number of ether oxygens (including phenoxy) is 1. The number of unbranched alkanes of at least 4 members (excludes halogenated alkanes) is 4. The third kappa shape index (κ3) is 11.7. The summed E-state index contributed by atoms with van der Waals surface area (Å²) in [5.41, 5.74) is 7.94. The lowest BCUT2D eigenvalue weighted by Crippen LogP contribution is -2.22. The monoisotopic (exact) mass is 486 g/mol. The van der Waals surface area contributed by atoms with Crippen LogP contribution in [0.3, 0.4) is 0 Å². The highest BCUT2D eigenvalue weighted by Gasteiger charge is 2.10. The molecule has 0 spiro atoms. The number of primary amides is 1. The Morgan fingerprint density at radius 1 is 1.03 bits per heavy atom. The molecule has 0 aromatic heterocycles. The maximum atomic E-state index is 10.9. The SMILES string of the molecule is NC(=O)Nc1cccc(CCCCOCCCCCCNC[C@@H](O)c2ccc(O)c(NC=O)c2)c1. The minimum Gasteiger partial charge on any atom is -0.506 e. The summed E-state index contributed by atoms with van der Waals surface area (Å²) >= 11 is 0. The summed E-state index contributed by atoms with van der Waals surface area (Å²) in [5, 5.41) is 28.2. The fourth-order valence-corrected chi connectivity index (χ4v) is 3.69. The number of hydrogen-bond donors (Lipinski definition) is 6. The number of phenols is 1. The van der Waals surface area contributed by atoms with Crippen molar-refractivity contribution in [1.82, 2.24) is 5.32 Å². The number of aryl methyl sites for hydroxylation is 1. The number of nitrogens with two attached hydrogens (primary N) is 1. The number of carbonyl (C=O) groups is 2. The number of phenolic OH excluding ortho intramolecular Hbond substituents is 1. The van der Waals surface area contributed by atoms with Gasteiger partial charge in [-0.25, -0.2) is 4.79 Å². The summed E-state index contributed by atoms with van der Waals surface area (Å²) < 4.78 is 5.72. The van der Waals surface area contributed by atoms with Gasteiger partial charge in [0.25, 0.3) is 0 Å². The molecule has 0 aliphatic carbocycles. The first-order valence-electron chi connectivity index (χ1n) is 12.1. The highest BCUT2D eigenvalue weighted by Crippen LogP contribution is 2.26. The molecule has 0 saturated heterocycles. The number of hydrogen-bond acceptors (Lipinski definition) is 6. The minimum absolute atomic E-state index is 0.0354. The lowest BCUT2D eigenvalue weighted by Gasteiger charge is -2.14. The van der Waals surface area contributed by atoms with Crippen LogP contribution in [0.5, 0.6) is 5.75 Å². The average molecular weight is 487 g/mol. The number of urea groups is 1. The van der Waals surface area contributed by atoms with E-state index in [4.69, 9.17) is 10.5 Å². The van der Waals surface area contributed by atoms with Crippen molar-refractivity contribution in [1.29, 1.82) is 0 Å². The van der Waals surface area contributed by atoms with Crippen LogP contribution in [-0.2, 0) is 16.0 Å². The van der Waals surface area contributed by atoms with E-state index in [1.807, 2.05) is 24.3 Å². The second-order valence-electron chi connectivity index (χ2n) is 8.43. The topological polar surface area (TPSA) is 146 Å². The number of rotatable bonds is 18. The number of aliphatic hydroxyl groups is 1. The van der Waals surface area contributed by atoms with Gasteiger partial charge in [0.1, 0.15) is 5.75 Å². The number of aromatic hydroxyl groups is 1. The maximum Gasteiger partial charge on any atom is 0.316 e. The highest BCUT2D eigenvalue weighted by molar-refractivity contribution is 5.87. The van der Waals surface area contributed by atoms with Crippen molar-refractivity contribution < 1.29 is 24.5 Å². The number of aliphatic hydroxyl groups excluding tert-OH is 1. The molecule has 0 bridgehead atoms. The summed E-state index contributed by atoms with van der Waals surface area (Å²) in [5.74, 6) is -0.0354. The van der Waals surface area contributed by atoms with E-state index in [0.717, 1.165) is 70.4 Å². The second kappa shape index (κ2) is 16.5. The number of benzene rings is 2. The molecule has 7 N–H and O–H groups in total. The van der Waals surface area contributed by atoms with Gasteiger partial charge >= 0.3 is 6.03 Å². The Labute approximate surface area is 207 Å². The number of amides is 3. The van der Waals surface area contributed by atoms with E-state index in [2.05, 4.69) is 16.0 Å². The summed E-state index contributed by atoms with van der Waals surface area (Å²) in [6.07, 6.45) is 6.97. The summed E-state index contributed by atoms with van der Waals surface area (Å²) in [6, 6.07) is 11.8. The van der Waals surface area contributed by atoms with Crippen LogP contribution in [0, 0.1) is 0 Å². The van der Waals surface area contributed by atoms with E-state index < -0.39 is 12.1 Å². The molecule has 9 heteroatoms. The second-order valence-corrected chi connectivity index (χ2v) is 8.43. The van der Waals surface area contributed by atoms with E-state index in [1.165, 1.54) is 11.6 Å². The van der Waals surface area contributed by atoms with Crippen LogP contribution >= 0.6 is 0 Å². The molecule has 0 radical (unpaired) electrons. The lowest BCUT2D eigenvalue weighted by molar-refractivity contribution is -0.105. The molecule has 3 amide bonds. The molecule has 1 atom stereocenters. The molecular weight excluding hydrogens is 448 g/mol. The first-order chi connectivity index (χ1) is 17.0. The first-order valence-corrected chi connectivity index (χ1v) is 12.1. The van der Waals surface area contributed by atoms with Gasteiger partial charge in [0, 0.05) is 25.4 Å². The number of anilines is 2.